The average Bonchev–Trinajstić information content (AvgIpc) is 2.83. The fraction of sp³-hybridized carbons (Fsp3) is 0. The lowest BCUT2D eigenvalue weighted by Crippen LogP contribution is -2.14. The Bertz CT molecular complexity index is 687. The van der Waals surface area contributed by atoms with Gasteiger partial charge in [-0.05, 0) is 29.8 Å². The standard InChI is InChI=1S/C16H11NO2/c18-14-10-9-11-7-4-8-13(15(11)14)17-16(19)12-5-2-1-3-6-12/h1-10H,(H,17,19). The first-order valence-corrected chi connectivity index (χ1v) is 5.97. The molecular formula is C16H11NO2. The van der Waals surface area contributed by atoms with Crippen LogP contribution in [0.3, 0.4) is 0 Å². The molecule has 0 aromatic heterocycles. The monoisotopic (exact) mass is 249 g/mol. The number of hydrogen-bond donors (Lipinski definition) is 1. The molecule has 0 saturated carbocycles. The van der Waals surface area contributed by atoms with Gasteiger partial charge in [-0.25, -0.2) is 0 Å². The fourth-order valence-electron chi connectivity index (χ4n) is 2.12. The maximum atomic E-state index is 12.1. The number of rotatable bonds is 2. The maximum absolute atomic E-state index is 12.1. The summed E-state index contributed by atoms with van der Waals surface area (Å²) in [5.41, 5.74) is 2.53. The first-order chi connectivity index (χ1) is 9.25. The topological polar surface area (TPSA) is 46.2 Å². The second-order valence-electron chi connectivity index (χ2n) is 4.29. The Morgan fingerprint density at radius 2 is 1.68 bits per heavy atom. The van der Waals surface area contributed by atoms with Gasteiger partial charge in [-0.1, -0.05) is 36.4 Å². The normalized spacial score (nSPS) is 12.3. The van der Waals surface area contributed by atoms with Gasteiger partial charge in [0.25, 0.3) is 5.91 Å². The highest BCUT2D eigenvalue weighted by Gasteiger charge is 2.19. The lowest BCUT2D eigenvalue weighted by molar-refractivity contribution is 0.102. The molecule has 19 heavy (non-hydrogen) atoms. The minimum atomic E-state index is -0.214. The maximum Gasteiger partial charge on any atom is 0.255 e. The molecule has 1 amide bonds. The molecule has 2 aromatic carbocycles. The van der Waals surface area contributed by atoms with Crippen LogP contribution < -0.4 is 5.32 Å². The zero-order valence-electron chi connectivity index (χ0n) is 10.1. The molecule has 1 N–H and O–H groups in total. The van der Waals surface area contributed by atoms with Gasteiger partial charge in [0.15, 0.2) is 5.78 Å². The predicted octanol–water partition coefficient (Wildman–Crippen LogP) is 3.15. The first kappa shape index (κ1) is 11.4. The van der Waals surface area contributed by atoms with Crippen molar-refractivity contribution in [1.82, 2.24) is 0 Å². The lowest BCUT2D eigenvalue weighted by atomic mass is 10.1. The largest absolute Gasteiger partial charge is 0.321 e. The molecule has 3 rings (SSSR count). The SMILES string of the molecule is O=C(Nc1cccc2c1C(=O)C=C2)c1ccccc1. The Morgan fingerprint density at radius 1 is 0.895 bits per heavy atom. The minimum absolute atomic E-state index is 0.0704. The van der Waals surface area contributed by atoms with Crippen LogP contribution in [0.5, 0.6) is 0 Å². The second-order valence-corrected chi connectivity index (χ2v) is 4.29. The van der Waals surface area contributed by atoms with Crippen molar-refractivity contribution in [2.24, 2.45) is 0 Å². The summed E-state index contributed by atoms with van der Waals surface area (Å²) < 4.78 is 0. The Labute approximate surface area is 110 Å². The molecule has 2 aromatic rings. The highest BCUT2D eigenvalue weighted by atomic mass is 16.1. The number of anilines is 1. The third-order valence-corrected chi connectivity index (χ3v) is 3.04. The highest BCUT2D eigenvalue weighted by Crippen LogP contribution is 2.27. The van der Waals surface area contributed by atoms with Gasteiger partial charge in [-0.3, -0.25) is 9.59 Å². The van der Waals surface area contributed by atoms with Gasteiger partial charge in [-0.15, -0.1) is 0 Å². The van der Waals surface area contributed by atoms with Crippen molar-refractivity contribution in [3.05, 3.63) is 71.3 Å². The molecule has 0 saturated heterocycles. The van der Waals surface area contributed by atoms with E-state index in [1.54, 1.807) is 36.4 Å². The van der Waals surface area contributed by atoms with Gasteiger partial charge < -0.3 is 5.32 Å². The Balaban J connectivity index is 1.92. The number of hydrogen-bond acceptors (Lipinski definition) is 2. The summed E-state index contributed by atoms with van der Waals surface area (Å²) in [5.74, 6) is -0.285. The van der Waals surface area contributed by atoms with Gasteiger partial charge >= 0.3 is 0 Å². The van der Waals surface area contributed by atoms with Crippen LogP contribution in [0.4, 0.5) is 5.69 Å². The molecule has 92 valence electrons. The number of allylic oxidation sites excluding steroid dienone is 1. The number of carbonyl (C=O) groups excluding carboxylic acids is 2. The smallest absolute Gasteiger partial charge is 0.255 e. The van der Waals surface area contributed by atoms with E-state index in [2.05, 4.69) is 5.32 Å². The summed E-state index contributed by atoms with van der Waals surface area (Å²) in [4.78, 5) is 23.8. The number of fused-ring (bicyclic) bond motifs is 1. The van der Waals surface area contributed by atoms with E-state index in [-0.39, 0.29) is 11.7 Å². The van der Waals surface area contributed by atoms with E-state index in [1.165, 1.54) is 6.08 Å². The summed E-state index contributed by atoms with van der Waals surface area (Å²) in [6, 6.07) is 14.3. The molecule has 0 unspecified atom stereocenters. The summed E-state index contributed by atoms with van der Waals surface area (Å²) >= 11 is 0. The van der Waals surface area contributed by atoms with Crippen LogP contribution in [-0.2, 0) is 0 Å². The Morgan fingerprint density at radius 3 is 2.47 bits per heavy atom. The fourth-order valence-corrected chi connectivity index (χ4v) is 2.12. The molecule has 3 nitrogen and oxygen atoms in total. The molecule has 0 radical (unpaired) electrons. The van der Waals surface area contributed by atoms with Gasteiger partial charge in [0, 0.05) is 5.56 Å². The third-order valence-electron chi connectivity index (χ3n) is 3.04. The van der Waals surface area contributed by atoms with E-state index >= 15 is 0 Å². The van der Waals surface area contributed by atoms with Crippen LogP contribution in [-0.4, -0.2) is 11.7 Å². The molecule has 3 heteroatoms. The van der Waals surface area contributed by atoms with Gasteiger partial charge in [0.1, 0.15) is 0 Å². The molecular weight excluding hydrogens is 238 g/mol. The van der Waals surface area contributed by atoms with E-state index in [0.717, 1.165) is 5.56 Å². The summed E-state index contributed by atoms with van der Waals surface area (Å²) in [6.07, 6.45) is 3.28. The van der Waals surface area contributed by atoms with Crippen molar-refractivity contribution in [3.8, 4) is 0 Å². The van der Waals surface area contributed by atoms with Crippen molar-refractivity contribution in [2.75, 3.05) is 5.32 Å². The summed E-state index contributed by atoms with van der Waals surface area (Å²) in [7, 11) is 0. The van der Waals surface area contributed by atoms with Crippen LogP contribution in [0, 0.1) is 0 Å². The van der Waals surface area contributed by atoms with Crippen molar-refractivity contribution < 1.29 is 9.59 Å². The molecule has 0 bridgehead atoms. The average molecular weight is 249 g/mol. The molecule has 1 aliphatic rings. The molecule has 0 atom stereocenters. The second kappa shape index (κ2) is 4.53. The number of benzene rings is 2. The minimum Gasteiger partial charge on any atom is -0.321 e. The van der Waals surface area contributed by atoms with Gasteiger partial charge in [0.2, 0.25) is 0 Å². The van der Waals surface area contributed by atoms with E-state index in [1.807, 2.05) is 18.2 Å². The zero-order valence-corrected chi connectivity index (χ0v) is 10.1. The number of ketones is 1. The highest BCUT2D eigenvalue weighted by molar-refractivity contribution is 6.19. The third kappa shape index (κ3) is 2.06. The molecule has 0 heterocycles. The van der Waals surface area contributed by atoms with Crippen molar-refractivity contribution in [2.45, 2.75) is 0 Å². The van der Waals surface area contributed by atoms with E-state index in [4.69, 9.17) is 0 Å². The predicted molar refractivity (Wildman–Crippen MR) is 74.2 cm³/mol. The number of amides is 1. The van der Waals surface area contributed by atoms with Crippen molar-refractivity contribution in [1.29, 1.82) is 0 Å². The lowest BCUT2D eigenvalue weighted by Gasteiger charge is -2.09. The quantitative estimate of drug-likeness (QED) is 0.888. The van der Waals surface area contributed by atoms with Gasteiger partial charge in [-0.2, -0.15) is 0 Å². The Hall–Kier alpha value is -2.68. The molecule has 1 aliphatic carbocycles. The van der Waals surface area contributed by atoms with Crippen LogP contribution in [0.15, 0.2) is 54.6 Å². The molecule has 0 spiro atoms. The van der Waals surface area contributed by atoms with Crippen LogP contribution in [0.2, 0.25) is 0 Å². The first-order valence-electron chi connectivity index (χ1n) is 5.97. The summed E-state index contributed by atoms with van der Waals surface area (Å²) in [6.45, 7) is 0. The zero-order chi connectivity index (χ0) is 13.2. The van der Waals surface area contributed by atoms with Crippen LogP contribution in [0.25, 0.3) is 6.08 Å². The molecule has 0 fully saturated rings. The van der Waals surface area contributed by atoms with E-state index in [9.17, 15) is 9.59 Å². The van der Waals surface area contributed by atoms with Crippen LogP contribution in [0.1, 0.15) is 26.3 Å². The van der Waals surface area contributed by atoms with E-state index in [0.29, 0.717) is 16.8 Å². The number of carbonyl (C=O) groups is 2. The van der Waals surface area contributed by atoms with Gasteiger partial charge in [0.05, 0.1) is 11.3 Å². The van der Waals surface area contributed by atoms with Crippen molar-refractivity contribution >= 4 is 23.5 Å². The summed E-state index contributed by atoms with van der Waals surface area (Å²) in [5, 5.41) is 2.79. The Kier molecular flexibility index (Phi) is 2.72. The molecule has 0 aliphatic heterocycles. The number of nitrogens with one attached hydrogen (secondary N) is 1. The van der Waals surface area contributed by atoms with E-state index < -0.39 is 0 Å². The van der Waals surface area contributed by atoms with Crippen LogP contribution >= 0.6 is 0 Å². The van der Waals surface area contributed by atoms with Crippen molar-refractivity contribution in [3.63, 3.8) is 0 Å².